The first-order valence-corrected chi connectivity index (χ1v) is 8.13. The Bertz CT molecular complexity index is 852. The number of likely N-dealkylation sites (N-methyl/N-ethyl adjacent to an activating group) is 1. The largest absolute Gasteiger partial charge is 0.497 e. The Balaban J connectivity index is 1.98. The Morgan fingerprint density at radius 1 is 1.15 bits per heavy atom. The van der Waals surface area contributed by atoms with Gasteiger partial charge in [0.15, 0.2) is 0 Å². The van der Waals surface area contributed by atoms with E-state index in [1.165, 1.54) is 43.3 Å². The summed E-state index contributed by atoms with van der Waals surface area (Å²) < 4.78 is 23.6. The van der Waals surface area contributed by atoms with Crippen LogP contribution >= 0.6 is 0 Å². The highest BCUT2D eigenvalue weighted by atomic mass is 19.1. The number of halogens is 1. The van der Waals surface area contributed by atoms with Crippen LogP contribution < -0.4 is 14.8 Å². The molecule has 0 aliphatic carbocycles. The lowest BCUT2D eigenvalue weighted by molar-refractivity contribution is -0.129. The van der Waals surface area contributed by atoms with E-state index < -0.39 is 11.7 Å². The summed E-state index contributed by atoms with van der Waals surface area (Å²) in [5, 5.41) is 2.54. The lowest BCUT2D eigenvalue weighted by Crippen LogP contribution is -2.33. The van der Waals surface area contributed by atoms with Crippen molar-refractivity contribution in [2.45, 2.75) is 0 Å². The van der Waals surface area contributed by atoms with Crippen molar-refractivity contribution in [2.24, 2.45) is 0 Å². The van der Waals surface area contributed by atoms with Crippen molar-refractivity contribution >= 4 is 23.6 Å². The highest BCUT2D eigenvalue weighted by molar-refractivity contribution is 5.98. The number of carbonyl (C=O) groups is 2. The molecule has 0 unspecified atom stereocenters. The van der Waals surface area contributed by atoms with Crippen molar-refractivity contribution in [3.63, 3.8) is 0 Å². The molecule has 0 aliphatic heterocycles. The minimum atomic E-state index is -0.451. The molecule has 0 saturated carbocycles. The summed E-state index contributed by atoms with van der Waals surface area (Å²) in [4.78, 5) is 25.5. The lowest BCUT2D eigenvalue weighted by Gasteiger charge is -2.15. The molecule has 2 amide bonds. The van der Waals surface area contributed by atoms with E-state index >= 15 is 0 Å². The first kappa shape index (κ1) is 20.0. The third-order valence-electron chi connectivity index (χ3n) is 3.71. The zero-order valence-electron chi connectivity index (χ0n) is 15.4. The average molecular weight is 372 g/mol. The first-order valence-electron chi connectivity index (χ1n) is 8.13. The van der Waals surface area contributed by atoms with Gasteiger partial charge in [-0.15, -0.1) is 0 Å². The maximum atomic E-state index is 13.1. The van der Waals surface area contributed by atoms with Gasteiger partial charge in [-0.2, -0.15) is 0 Å². The molecular weight excluding hydrogens is 351 g/mol. The Labute approximate surface area is 157 Å². The van der Waals surface area contributed by atoms with Gasteiger partial charge in [-0.25, -0.2) is 4.39 Å². The molecule has 0 fully saturated rings. The highest BCUT2D eigenvalue weighted by Crippen LogP contribution is 2.25. The van der Waals surface area contributed by atoms with Crippen LogP contribution in [-0.4, -0.2) is 44.5 Å². The van der Waals surface area contributed by atoms with Crippen LogP contribution in [0.1, 0.15) is 5.56 Å². The van der Waals surface area contributed by atoms with Crippen LogP contribution in [0.15, 0.2) is 48.5 Å². The third-order valence-corrected chi connectivity index (χ3v) is 3.71. The summed E-state index contributed by atoms with van der Waals surface area (Å²) in [7, 11) is 4.58. The maximum Gasteiger partial charge on any atom is 0.246 e. The van der Waals surface area contributed by atoms with E-state index in [1.807, 2.05) is 0 Å². The van der Waals surface area contributed by atoms with Crippen LogP contribution in [0.4, 0.5) is 10.1 Å². The van der Waals surface area contributed by atoms with Gasteiger partial charge in [0.1, 0.15) is 17.3 Å². The number of nitrogens with zero attached hydrogens (tertiary/aromatic N) is 1. The SMILES string of the molecule is COc1ccc(OC)c(/C=C/C(=O)N(C)CC(=O)Nc2cccc(F)c2)c1. The van der Waals surface area contributed by atoms with Crippen molar-refractivity contribution in [2.75, 3.05) is 33.1 Å². The van der Waals surface area contributed by atoms with E-state index in [2.05, 4.69) is 5.32 Å². The Hall–Kier alpha value is -3.35. The Kier molecular flexibility index (Phi) is 6.93. The Morgan fingerprint density at radius 2 is 1.93 bits per heavy atom. The highest BCUT2D eigenvalue weighted by Gasteiger charge is 2.11. The summed E-state index contributed by atoms with van der Waals surface area (Å²) in [6.45, 7) is -0.172. The summed E-state index contributed by atoms with van der Waals surface area (Å²) in [6.07, 6.45) is 2.93. The van der Waals surface area contributed by atoms with Gasteiger partial charge < -0.3 is 19.7 Å². The van der Waals surface area contributed by atoms with Crippen LogP contribution in [0.2, 0.25) is 0 Å². The smallest absolute Gasteiger partial charge is 0.246 e. The molecule has 2 aromatic rings. The number of anilines is 1. The second kappa shape index (κ2) is 9.38. The van der Waals surface area contributed by atoms with E-state index in [-0.39, 0.29) is 12.5 Å². The standard InChI is InChI=1S/C20H21FN2O4/c1-23(13-19(24)22-16-6-4-5-15(21)12-16)20(25)10-7-14-11-17(26-2)8-9-18(14)27-3/h4-12H,13H2,1-3H3,(H,22,24)/b10-7+. The second-order valence-electron chi connectivity index (χ2n) is 5.69. The number of ether oxygens (including phenoxy) is 2. The second-order valence-corrected chi connectivity index (χ2v) is 5.69. The fourth-order valence-corrected chi connectivity index (χ4v) is 2.32. The molecule has 0 aliphatic rings. The van der Waals surface area contributed by atoms with E-state index in [0.717, 1.165) is 0 Å². The summed E-state index contributed by atoms with van der Waals surface area (Å²) in [5.41, 5.74) is 1.00. The van der Waals surface area contributed by atoms with Gasteiger partial charge in [0.05, 0.1) is 20.8 Å². The predicted octanol–water partition coefficient (Wildman–Crippen LogP) is 2.95. The summed E-state index contributed by atoms with van der Waals surface area (Å²) in [6, 6.07) is 10.8. The monoisotopic (exact) mass is 372 g/mol. The number of methoxy groups -OCH3 is 2. The predicted molar refractivity (Wildman–Crippen MR) is 101 cm³/mol. The molecule has 6 nitrogen and oxygen atoms in total. The molecule has 0 saturated heterocycles. The van der Waals surface area contributed by atoms with E-state index in [0.29, 0.717) is 22.7 Å². The number of hydrogen-bond donors (Lipinski definition) is 1. The molecule has 7 heteroatoms. The van der Waals surface area contributed by atoms with Crippen molar-refractivity contribution in [1.29, 1.82) is 0 Å². The number of hydrogen-bond acceptors (Lipinski definition) is 4. The maximum absolute atomic E-state index is 13.1. The topological polar surface area (TPSA) is 67.9 Å². The van der Waals surface area contributed by atoms with Crippen LogP contribution in [-0.2, 0) is 9.59 Å². The average Bonchev–Trinajstić information content (AvgIpc) is 2.65. The lowest BCUT2D eigenvalue weighted by atomic mass is 10.1. The van der Waals surface area contributed by atoms with Gasteiger partial charge >= 0.3 is 0 Å². The third kappa shape index (κ3) is 5.85. The van der Waals surface area contributed by atoms with Gasteiger partial charge in [-0.3, -0.25) is 9.59 Å². The van der Waals surface area contributed by atoms with Gasteiger partial charge in [-0.1, -0.05) is 6.07 Å². The van der Waals surface area contributed by atoms with Crippen molar-refractivity contribution in [3.05, 3.63) is 59.9 Å². The molecule has 142 valence electrons. The van der Waals surface area contributed by atoms with Crippen molar-refractivity contribution in [1.82, 2.24) is 4.90 Å². The number of benzene rings is 2. The molecule has 0 aromatic heterocycles. The minimum Gasteiger partial charge on any atom is -0.497 e. The molecule has 27 heavy (non-hydrogen) atoms. The molecule has 0 bridgehead atoms. The van der Waals surface area contributed by atoms with Crippen LogP contribution in [0.5, 0.6) is 11.5 Å². The minimum absolute atomic E-state index is 0.172. The molecule has 2 aromatic carbocycles. The molecule has 0 radical (unpaired) electrons. The van der Waals surface area contributed by atoms with Crippen molar-refractivity contribution in [3.8, 4) is 11.5 Å². The molecule has 2 rings (SSSR count). The zero-order chi connectivity index (χ0) is 19.8. The van der Waals surface area contributed by atoms with Gasteiger partial charge in [-0.05, 0) is 42.5 Å². The van der Waals surface area contributed by atoms with E-state index in [1.54, 1.807) is 37.5 Å². The fraction of sp³-hybridized carbons (Fsp3) is 0.200. The van der Waals surface area contributed by atoms with Gasteiger partial charge in [0, 0.05) is 24.4 Å². The Morgan fingerprint density at radius 3 is 2.59 bits per heavy atom. The zero-order valence-corrected chi connectivity index (χ0v) is 15.4. The van der Waals surface area contributed by atoms with Gasteiger partial charge in [0.25, 0.3) is 0 Å². The molecule has 0 atom stereocenters. The number of rotatable bonds is 7. The normalized spacial score (nSPS) is 10.5. The summed E-state index contributed by atoms with van der Waals surface area (Å²) in [5.74, 6) is -0.0254. The van der Waals surface area contributed by atoms with Gasteiger partial charge in [0.2, 0.25) is 11.8 Å². The van der Waals surface area contributed by atoms with Crippen molar-refractivity contribution < 1.29 is 23.5 Å². The van der Waals surface area contributed by atoms with E-state index in [9.17, 15) is 14.0 Å². The summed E-state index contributed by atoms with van der Waals surface area (Å²) >= 11 is 0. The number of carbonyl (C=O) groups excluding carboxylic acids is 2. The molecule has 0 heterocycles. The number of nitrogens with one attached hydrogen (secondary N) is 1. The molecule has 1 N–H and O–H groups in total. The van der Waals surface area contributed by atoms with Crippen LogP contribution in [0.3, 0.4) is 0 Å². The molecule has 0 spiro atoms. The van der Waals surface area contributed by atoms with E-state index in [4.69, 9.17) is 9.47 Å². The van der Waals surface area contributed by atoms with Crippen LogP contribution in [0.25, 0.3) is 6.08 Å². The quantitative estimate of drug-likeness (QED) is 0.759. The fourth-order valence-electron chi connectivity index (χ4n) is 2.32. The molecular formula is C20H21FN2O4. The number of amides is 2. The first-order chi connectivity index (χ1) is 12.9. The van der Waals surface area contributed by atoms with Crippen LogP contribution in [0, 0.1) is 5.82 Å².